The van der Waals surface area contributed by atoms with E-state index in [0.29, 0.717) is 11.5 Å². The fraction of sp³-hybridized carbons (Fsp3) is 0.143. The Hall–Kier alpha value is -2.74. The molecule has 0 bridgehead atoms. The van der Waals surface area contributed by atoms with E-state index < -0.39 is 0 Å². The van der Waals surface area contributed by atoms with Crippen LogP contribution in [-0.4, -0.2) is 24.8 Å². The molecule has 22 heavy (non-hydrogen) atoms. The summed E-state index contributed by atoms with van der Waals surface area (Å²) in [5, 5.41) is 9.53. The summed E-state index contributed by atoms with van der Waals surface area (Å²) < 4.78 is 6.74. The van der Waals surface area contributed by atoms with Gasteiger partial charge < -0.3 is 10.3 Å². The van der Waals surface area contributed by atoms with Gasteiger partial charge in [-0.1, -0.05) is 6.07 Å². The number of anilines is 1. The first kappa shape index (κ1) is 13.0. The zero-order valence-corrected chi connectivity index (χ0v) is 12.5. The summed E-state index contributed by atoms with van der Waals surface area (Å²) in [6.07, 6.45) is 1.79. The van der Waals surface area contributed by atoms with E-state index in [9.17, 15) is 0 Å². The van der Waals surface area contributed by atoms with Crippen LogP contribution >= 0.6 is 11.3 Å². The lowest BCUT2D eigenvalue weighted by molar-refractivity contribution is 0.310. The number of rotatable bonds is 3. The monoisotopic (exact) mass is 312 g/mol. The SMILES string of the molecule is CCn1c(-c2nonc2N)nc2c(-c3cccs3)nccc21. The summed E-state index contributed by atoms with van der Waals surface area (Å²) in [5.74, 6) is 0.873. The second-order valence-corrected chi connectivity index (χ2v) is 5.63. The van der Waals surface area contributed by atoms with Crippen molar-refractivity contribution in [2.75, 3.05) is 5.73 Å². The maximum absolute atomic E-state index is 5.82. The molecule has 4 heterocycles. The molecule has 0 fully saturated rings. The maximum Gasteiger partial charge on any atom is 0.199 e. The average Bonchev–Trinajstić information content (AvgIpc) is 3.25. The Morgan fingerprint density at radius 2 is 2.18 bits per heavy atom. The quantitative estimate of drug-likeness (QED) is 0.625. The van der Waals surface area contributed by atoms with Crippen LogP contribution in [0.2, 0.25) is 0 Å². The molecule has 110 valence electrons. The lowest BCUT2D eigenvalue weighted by atomic mass is 10.2. The molecule has 0 aliphatic heterocycles. The summed E-state index contributed by atoms with van der Waals surface area (Å²) in [4.78, 5) is 10.3. The van der Waals surface area contributed by atoms with Gasteiger partial charge >= 0.3 is 0 Å². The smallest absolute Gasteiger partial charge is 0.199 e. The Kier molecular flexibility index (Phi) is 2.90. The number of hydrogen-bond donors (Lipinski definition) is 1. The van der Waals surface area contributed by atoms with Gasteiger partial charge in [0.2, 0.25) is 0 Å². The largest absolute Gasteiger partial charge is 0.379 e. The number of aryl methyl sites for hydroxylation is 1. The van der Waals surface area contributed by atoms with Gasteiger partial charge in [-0.2, -0.15) is 0 Å². The molecular formula is C14H12N6OS. The molecule has 4 aromatic rings. The van der Waals surface area contributed by atoms with E-state index in [1.165, 1.54) is 0 Å². The van der Waals surface area contributed by atoms with Gasteiger partial charge in [0, 0.05) is 12.7 Å². The van der Waals surface area contributed by atoms with E-state index in [0.717, 1.165) is 28.1 Å². The zero-order chi connectivity index (χ0) is 15.1. The number of hydrogen-bond acceptors (Lipinski definition) is 7. The highest BCUT2D eigenvalue weighted by atomic mass is 32.1. The first-order chi connectivity index (χ1) is 10.8. The molecule has 7 nitrogen and oxygen atoms in total. The molecule has 0 atom stereocenters. The summed E-state index contributed by atoms with van der Waals surface area (Å²) >= 11 is 1.63. The number of nitrogen functional groups attached to an aromatic ring is 1. The van der Waals surface area contributed by atoms with Crippen molar-refractivity contribution < 1.29 is 4.63 Å². The molecule has 0 aliphatic rings. The van der Waals surface area contributed by atoms with Crippen molar-refractivity contribution in [3.05, 3.63) is 29.8 Å². The van der Waals surface area contributed by atoms with E-state index in [1.54, 1.807) is 17.5 Å². The molecule has 0 aromatic carbocycles. The molecule has 0 spiro atoms. The number of fused-ring (bicyclic) bond motifs is 1. The number of nitrogens with zero attached hydrogens (tertiary/aromatic N) is 5. The van der Waals surface area contributed by atoms with Gasteiger partial charge in [0.25, 0.3) is 0 Å². The normalized spacial score (nSPS) is 11.3. The molecule has 0 unspecified atom stereocenters. The summed E-state index contributed by atoms with van der Waals surface area (Å²) in [6.45, 7) is 2.77. The standard InChI is InChI=1S/C14H12N6OS/c1-2-20-8-5-6-16-11(9-4-3-7-22-9)10(8)17-14(20)12-13(15)19-21-18-12/h3-7H,2H2,1H3,(H2,15,19). The third kappa shape index (κ3) is 1.81. The maximum atomic E-state index is 5.82. The highest BCUT2D eigenvalue weighted by Crippen LogP contribution is 2.33. The summed E-state index contributed by atoms with van der Waals surface area (Å²) in [5.41, 5.74) is 8.94. The molecule has 0 saturated carbocycles. The average molecular weight is 312 g/mol. The molecule has 4 aromatic heterocycles. The van der Waals surface area contributed by atoms with E-state index in [2.05, 4.69) is 15.3 Å². The summed E-state index contributed by atoms with van der Waals surface area (Å²) in [6, 6.07) is 5.97. The van der Waals surface area contributed by atoms with Crippen molar-refractivity contribution in [3.63, 3.8) is 0 Å². The molecule has 0 radical (unpaired) electrons. The Morgan fingerprint density at radius 1 is 1.27 bits per heavy atom. The van der Waals surface area contributed by atoms with Crippen molar-refractivity contribution in [1.29, 1.82) is 0 Å². The number of nitrogens with two attached hydrogens (primary N) is 1. The van der Waals surface area contributed by atoms with Crippen LogP contribution in [0.4, 0.5) is 5.82 Å². The van der Waals surface area contributed by atoms with Crippen LogP contribution in [0.1, 0.15) is 6.92 Å². The van der Waals surface area contributed by atoms with Crippen molar-refractivity contribution in [1.82, 2.24) is 24.8 Å². The molecule has 0 aliphatic carbocycles. The van der Waals surface area contributed by atoms with Crippen LogP contribution < -0.4 is 5.73 Å². The van der Waals surface area contributed by atoms with Crippen molar-refractivity contribution in [2.24, 2.45) is 0 Å². The number of pyridine rings is 1. The van der Waals surface area contributed by atoms with Crippen LogP contribution in [0.3, 0.4) is 0 Å². The van der Waals surface area contributed by atoms with E-state index >= 15 is 0 Å². The minimum atomic E-state index is 0.232. The number of thiophene rings is 1. The summed E-state index contributed by atoms with van der Waals surface area (Å²) in [7, 11) is 0. The predicted molar refractivity (Wildman–Crippen MR) is 84.2 cm³/mol. The molecular weight excluding hydrogens is 300 g/mol. The fourth-order valence-corrected chi connectivity index (χ4v) is 3.22. The molecule has 8 heteroatoms. The fourth-order valence-electron chi connectivity index (χ4n) is 2.50. The molecule has 0 saturated heterocycles. The molecule has 2 N–H and O–H groups in total. The highest BCUT2D eigenvalue weighted by molar-refractivity contribution is 7.13. The minimum Gasteiger partial charge on any atom is -0.379 e. The van der Waals surface area contributed by atoms with Crippen LogP contribution in [0.5, 0.6) is 0 Å². The molecule has 0 amide bonds. The van der Waals surface area contributed by atoms with Gasteiger partial charge in [-0.05, 0) is 34.7 Å². The second kappa shape index (κ2) is 4.92. The van der Waals surface area contributed by atoms with Crippen LogP contribution in [0.25, 0.3) is 33.1 Å². The van der Waals surface area contributed by atoms with Crippen LogP contribution in [0.15, 0.2) is 34.4 Å². The van der Waals surface area contributed by atoms with Crippen LogP contribution in [-0.2, 0) is 6.54 Å². The van der Waals surface area contributed by atoms with Crippen molar-refractivity contribution in [2.45, 2.75) is 13.5 Å². The lowest BCUT2D eigenvalue weighted by Gasteiger charge is -2.03. The highest BCUT2D eigenvalue weighted by Gasteiger charge is 2.20. The lowest BCUT2D eigenvalue weighted by Crippen LogP contribution is -1.99. The first-order valence-corrected chi connectivity index (χ1v) is 7.65. The predicted octanol–water partition coefficient (Wildman–Crippen LogP) is 2.81. The number of imidazole rings is 1. The third-order valence-electron chi connectivity index (χ3n) is 3.46. The van der Waals surface area contributed by atoms with E-state index in [-0.39, 0.29) is 5.82 Å². The van der Waals surface area contributed by atoms with Gasteiger partial charge in [-0.3, -0.25) is 4.98 Å². The van der Waals surface area contributed by atoms with Crippen molar-refractivity contribution >= 4 is 28.2 Å². The number of aromatic nitrogens is 5. The topological polar surface area (TPSA) is 95.7 Å². The Balaban J connectivity index is 2.04. The van der Waals surface area contributed by atoms with Crippen molar-refractivity contribution in [3.8, 4) is 22.1 Å². The molecule has 4 rings (SSSR count). The minimum absolute atomic E-state index is 0.232. The van der Waals surface area contributed by atoms with Gasteiger partial charge in [0.05, 0.1) is 10.4 Å². The van der Waals surface area contributed by atoms with Crippen LogP contribution in [0, 0.1) is 0 Å². The van der Waals surface area contributed by atoms with Gasteiger partial charge in [0.15, 0.2) is 17.3 Å². The third-order valence-corrected chi connectivity index (χ3v) is 4.34. The first-order valence-electron chi connectivity index (χ1n) is 6.77. The Labute approximate surface area is 129 Å². The Bertz CT molecular complexity index is 940. The van der Waals surface area contributed by atoms with Gasteiger partial charge in [0.1, 0.15) is 11.2 Å². The Morgan fingerprint density at radius 3 is 2.86 bits per heavy atom. The van der Waals surface area contributed by atoms with Gasteiger partial charge in [-0.25, -0.2) is 9.61 Å². The van der Waals surface area contributed by atoms with Gasteiger partial charge in [-0.15, -0.1) is 11.3 Å². The second-order valence-electron chi connectivity index (χ2n) is 4.68. The zero-order valence-electron chi connectivity index (χ0n) is 11.7. The van der Waals surface area contributed by atoms with E-state index in [4.69, 9.17) is 15.3 Å². The van der Waals surface area contributed by atoms with E-state index in [1.807, 2.05) is 35.1 Å².